The summed E-state index contributed by atoms with van der Waals surface area (Å²) in [7, 11) is 0. The van der Waals surface area contributed by atoms with Crippen molar-refractivity contribution in [2.75, 3.05) is 12.4 Å². The van der Waals surface area contributed by atoms with Gasteiger partial charge in [-0.3, -0.25) is 0 Å². The molecule has 0 aromatic rings. The van der Waals surface area contributed by atoms with Crippen molar-refractivity contribution >= 4 is 12.0 Å². The Bertz CT molecular complexity index is 28.9. The van der Waals surface area contributed by atoms with Gasteiger partial charge in [0.05, 0.1) is 0 Å². The molecule has 0 aliphatic rings. The minimum atomic E-state index is 0.237. The second-order valence-electron chi connectivity index (χ2n) is 1.26. The SMILES string of the molecule is OCCCCSO. The Hall–Kier alpha value is 0.270. The van der Waals surface area contributed by atoms with E-state index in [9.17, 15) is 0 Å². The van der Waals surface area contributed by atoms with Crippen LogP contribution in [0.3, 0.4) is 0 Å². The van der Waals surface area contributed by atoms with Crippen molar-refractivity contribution in [2.45, 2.75) is 12.8 Å². The predicted molar refractivity (Wildman–Crippen MR) is 31.4 cm³/mol. The van der Waals surface area contributed by atoms with E-state index in [1.807, 2.05) is 0 Å². The minimum absolute atomic E-state index is 0.237. The molecular formula is C4H10O2S. The molecule has 0 saturated heterocycles. The summed E-state index contributed by atoms with van der Waals surface area (Å²) in [4.78, 5) is 0. The highest BCUT2D eigenvalue weighted by Gasteiger charge is 1.82. The first-order chi connectivity index (χ1) is 3.41. The second-order valence-corrected chi connectivity index (χ2v) is 1.93. The van der Waals surface area contributed by atoms with Crippen LogP contribution < -0.4 is 0 Å². The molecule has 2 nitrogen and oxygen atoms in total. The Morgan fingerprint density at radius 2 is 2.00 bits per heavy atom. The number of rotatable bonds is 4. The fraction of sp³-hybridized carbons (Fsp3) is 1.00. The summed E-state index contributed by atoms with van der Waals surface area (Å²) in [5.41, 5.74) is 0. The van der Waals surface area contributed by atoms with Crippen LogP contribution in [-0.2, 0) is 0 Å². The third-order valence-corrected chi connectivity index (χ3v) is 1.11. The van der Waals surface area contributed by atoms with Crippen LogP contribution in [0, 0.1) is 0 Å². The molecule has 0 aromatic heterocycles. The molecule has 44 valence electrons. The van der Waals surface area contributed by atoms with Crippen LogP contribution in [0.25, 0.3) is 0 Å². The molecule has 0 radical (unpaired) electrons. The molecule has 0 spiro atoms. The molecule has 0 fully saturated rings. The normalized spacial score (nSPS) is 9.43. The number of aliphatic hydroxyl groups excluding tert-OH is 1. The van der Waals surface area contributed by atoms with E-state index in [-0.39, 0.29) is 6.61 Å². The van der Waals surface area contributed by atoms with Crippen molar-refractivity contribution in [1.29, 1.82) is 0 Å². The minimum Gasteiger partial charge on any atom is -0.396 e. The average molecular weight is 122 g/mol. The Balaban J connectivity index is 2.45. The molecule has 0 bridgehead atoms. The third-order valence-electron chi connectivity index (χ3n) is 0.644. The number of hydrogen-bond donors (Lipinski definition) is 2. The van der Waals surface area contributed by atoms with Crippen LogP contribution in [0.1, 0.15) is 12.8 Å². The lowest BCUT2D eigenvalue weighted by Crippen LogP contribution is -1.83. The van der Waals surface area contributed by atoms with E-state index in [4.69, 9.17) is 9.66 Å². The maximum atomic E-state index is 8.20. The Kier molecular flexibility index (Phi) is 6.51. The second kappa shape index (κ2) is 6.27. The van der Waals surface area contributed by atoms with E-state index in [1.165, 1.54) is 0 Å². The summed E-state index contributed by atoms with van der Waals surface area (Å²) in [6.45, 7) is 0.237. The monoisotopic (exact) mass is 122 g/mol. The predicted octanol–water partition coefficient (Wildman–Crippen LogP) is 0.965. The lowest BCUT2D eigenvalue weighted by Gasteiger charge is -1.89. The Morgan fingerprint density at radius 1 is 1.29 bits per heavy atom. The molecule has 0 heterocycles. The number of unbranched alkanes of at least 4 members (excludes halogenated alkanes) is 1. The van der Waals surface area contributed by atoms with Crippen molar-refractivity contribution in [3.63, 3.8) is 0 Å². The maximum Gasteiger partial charge on any atom is 0.0431 e. The lowest BCUT2D eigenvalue weighted by molar-refractivity contribution is 0.287. The van der Waals surface area contributed by atoms with Gasteiger partial charge < -0.3 is 9.66 Å². The molecule has 0 saturated carbocycles. The lowest BCUT2D eigenvalue weighted by atomic mass is 10.4. The van der Waals surface area contributed by atoms with Gasteiger partial charge in [-0.2, -0.15) is 0 Å². The zero-order valence-electron chi connectivity index (χ0n) is 4.13. The summed E-state index contributed by atoms with van der Waals surface area (Å²) >= 11 is 0.830. The first-order valence-corrected chi connectivity index (χ1v) is 3.23. The number of hydrogen-bond acceptors (Lipinski definition) is 3. The molecule has 0 amide bonds. The van der Waals surface area contributed by atoms with Gasteiger partial charge in [0.2, 0.25) is 0 Å². The van der Waals surface area contributed by atoms with E-state index in [0.29, 0.717) is 0 Å². The largest absolute Gasteiger partial charge is 0.396 e. The molecule has 3 heteroatoms. The fourth-order valence-electron chi connectivity index (χ4n) is 0.278. The number of aliphatic hydroxyl groups is 1. The van der Waals surface area contributed by atoms with Gasteiger partial charge in [0.25, 0.3) is 0 Å². The van der Waals surface area contributed by atoms with E-state index in [0.717, 1.165) is 30.6 Å². The quantitative estimate of drug-likeness (QED) is 0.431. The highest BCUT2D eigenvalue weighted by molar-refractivity contribution is 7.93. The molecule has 0 rings (SSSR count). The fourth-order valence-corrected chi connectivity index (χ4v) is 0.612. The Labute approximate surface area is 47.8 Å². The highest BCUT2D eigenvalue weighted by atomic mass is 32.2. The van der Waals surface area contributed by atoms with Gasteiger partial charge in [-0.1, -0.05) is 0 Å². The van der Waals surface area contributed by atoms with Gasteiger partial charge in [0.15, 0.2) is 0 Å². The smallest absolute Gasteiger partial charge is 0.0431 e. The van der Waals surface area contributed by atoms with Crippen molar-refractivity contribution in [3.8, 4) is 0 Å². The average Bonchev–Trinajstić information content (AvgIpc) is 1.69. The highest BCUT2D eigenvalue weighted by Crippen LogP contribution is 1.96. The molecule has 2 N–H and O–H groups in total. The van der Waals surface area contributed by atoms with Gasteiger partial charge in [-0.05, 0) is 24.9 Å². The van der Waals surface area contributed by atoms with Crippen LogP contribution >= 0.6 is 12.0 Å². The molecule has 0 unspecified atom stereocenters. The van der Waals surface area contributed by atoms with Crippen LogP contribution in [0.2, 0.25) is 0 Å². The molecule has 0 aromatic carbocycles. The van der Waals surface area contributed by atoms with Crippen LogP contribution in [0.15, 0.2) is 0 Å². The summed E-state index contributed by atoms with van der Waals surface area (Å²) in [6.07, 6.45) is 1.70. The summed E-state index contributed by atoms with van der Waals surface area (Å²) in [6, 6.07) is 0. The van der Waals surface area contributed by atoms with Gasteiger partial charge in [-0.25, -0.2) is 0 Å². The van der Waals surface area contributed by atoms with Crippen molar-refractivity contribution < 1.29 is 9.66 Å². The van der Waals surface area contributed by atoms with Gasteiger partial charge in [0, 0.05) is 12.4 Å². The first-order valence-electron chi connectivity index (χ1n) is 2.29. The van der Waals surface area contributed by atoms with Gasteiger partial charge in [0.1, 0.15) is 0 Å². The van der Waals surface area contributed by atoms with Crippen molar-refractivity contribution in [3.05, 3.63) is 0 Å². The summed E-state index contributed by atoms with van der Waals surface area (Å²) in [5, 5.41) is 8.20. The molecule has 0 aliphatic carbocycles. The van der Waals surface area contributed by atoms with E-state index >= 15 is 0 Å². The molecular weight excluding hydrogens is 112 g/mol. The van der Waals surface area contributed by atoms with Crippen molar-refractivity contribution in [2.24, 2.45) is 0 Å². The van der Waals surface area contributed by atoms with Crippen LogP contribution in [0.4, 0.5) is 0 Å². The third kappa shape index (κ3) is 6.27. The maximum absolute atomic E-state index is 8.20. The van der Waals surface area contributed by atoms with E-state index in [1.54, 1.807) is 0 Å². The van der Waals surface area contributed by atoms with Crippen LogP contribution in [0.5, 0.6) is 0 Å². The zero-order valence-corrected chi connectivity index (χ0v) is 4.95. The first kappa shape index (κ1) is 7.27. The molecule has 0 aliphatic heterocycles. The van der Waals surface area contributed by atoms with Gasteiger partial charge in [-0.15, -0.1) is 0 Å². The van der Waals surface area contributed by atoms with Crippen molar-refractivity contribution in [1.82, 2.24) is 0 Å². The molecule has 0 atom stereocenters. The van der Waals surface area contributed by atoms with Gasteiger partial charge >= 0.3 is 0 Å². The zero-order chi connectivity index (χ0) is 5.54. The van der Waals surface area contributed by atoms with E-state index in [2.05, 4.69) is 0 Å². The summed E-state index contributed by atoms with van der Waals surface area (Å²) < 4.78 is 8.13. The Morgan fingerprint density at radius 3 is 2.43 bits per heavy atom. The van der Waals surface area contributed by atoms with E-state index < -0.39 is 0 Å². The molecule has 7 heavy (non-hydrogen) atoms. The van der Waals surface area contributed by atoms with Crippen LogP contribution in [-0.4, -0.2) is 22.0 Å². The summed E-state index contributed by atoms with van der Waals surface area (Å²) in [5.74, 6) is 0.737. The standard InChI is InChI=1S/C4H10O2S/c5-3-1-2-4-7-6/h5-6H,1-4H2. The topological polar surface area (TPSA) is 40.5 Å².